The lowest BCUT2D eigenvalue weighted by Crippen LogP contribution is -2.29. The Bertz CT molecular complexity index is 1420. The van der Waals surface area contributed by atoms with Crippen LogP contribution in [0.1, 0.15) is 11.7 Å². The quantitative estimate of drug-likeness (QED) is 0.344. The van der Waals surface area contributed by atoms with Crippen LogP contribution in [0.4, 0.5) is 5.69 Å². The van der Waals surface area contributed by atoms with Gasteiger partial charge < -0.3 is 24.9 Å². The molecule has 0 amide bonds. The molecule has 0 aliphatic carbocycles. The van der Waals surface area contributed by atoms with Crippen LogP contribution in [-0.4, -0.2) is 51.2 Å². The second-order valence-corrected chi connectivity index (χ2v) is 9.97. The van der Waals surface area contributed by atoms with Crippen molar-refractivity contribution in [1.82, 2.24) is 10.3 Å². The molecule has 8 nitrogen and oxygen atoms in total. The number of aromatic nitrogens is 1. The van der Waals surface area contributed by atoms with Crippen molar-refractivity contribution in [3.63, 3.8) is 0 Å². The average molecular weight is 468 g/mol. The van der Waals surface area contributed by atoms with Crippen molar-refractivity contribution >= 4 is 37.5 Å². The van der Waals surface area contributed by atoms with Crippen molar-refractivity contribution in [2.75, 3.05) is 37.0 Å². The lowest BCUT2D eigenvalue weighted by molar-refractivity contribution is 0.172. The Hall–Kier alpha value is -3.27. The number of benzene rings is 3. The van der Waals surface area contributed by atoms with E-state index in [0.717, 1.165) is 28.4 Å². The Morgan fingerprint density at radius 2 is 1.94 bits per heavy atom. The number of anilines is 1. The number of aliphatic hydroxyl groups excluding tert-OH is 1. The molecular formula is C24H25N3O5S. The number of hydrogen-bond donors (Lipinski definition) is 3. The summed E-state index contributed by atoms with van der Waals surface area (Å²) in [4.78, 5) is 3.40. The van der Waals surface area contributed by atoms with Gasteiger partial charge in [0.05, 0.1) is 23.6 Å². The number of rotatable bonds is 8. The van der Waals surface area contributed by atoms with Gasteiger partial charge >= 0.3 is 0 Å². The lowest BCUT2D eigenvalue weighted by Gasteiger charge is -2.16. The minimum atomic E-state index is -3.44. The highest BCUT2D eigenvalue weighted by atomic mass is 32.2. The van der Waals surface area contributed by atoms with Crippen molar-refractivity contribution in [3.05, 3.63) is 66.2 Å². The molecule has 1 aliphatic rings. The summed E-state index contributed by atoms with van der Waals surface area (Å²) < 4.78 is 36.3. The molecule has 0 unspecified atom stereocenters. The van der Waals surface area contributed by atoms with Crippen molar-refractivity contribution < 1.29 is 23.0 Å². The van der Waals surface area contributed by atoms with Gasteiger partial charge in [-0.05, 0) is 35.9 Å². The first-order chi connectivity index (χ1) is 15.9. The van der Waals surface area contributed by atoms with Gasteiger partial charge in [-0.3, -0.25) is 0 Å². The van der Waals surface area contributed by atoms with E-state index in [9.17, 15) is 13.5 Å². The van der Waals surface area contributed by atoms with Crippen LogP contribution in [0.15, 0.2) is 60.7 Å². The number of fused-ring (bicyclic) bond motifs is 4. The normalized spacial score (nSPS) is 14.4. The fourth-order valence-electron chi connectivity index (χ4n) is 4.05. The number of sulfonamides is 1. The highest BCUT2D eigenvalue weighted by Crippen LogP contribution is 2.37. The van der Waals surface area contributed by atoms with Crippen LogP contribution in [0, 0.1) is 0 Å². The Balaban J connectivity index is 1.15. The Morgan fingerprint density at radius 3 is 2.79 bits per heavy atom. The molecule has 0 spiro atoms. The Morgan fingerprint density at radius 1 is 1.12 bits per heavy atom. The second kappa shape index (κ2) is 8.58. The summed E-state index contributed by atoms with van der Waals surface area (Å²) in [6.07, 6.45) is 0.339. The number of ether oxygens (including phenoxy) is 2. The molecule has 0 radical (unpaired) electrons. The van der Waals surface area contributed by atoms with Crippen LogP contribution >= 0.6 is 0 Å². The monoisotopic (exact) mass is 467 g/mol. The summed E-state index contributed by atoms with van der Waals surface area (Å²) in [6.45, 7) is 1.25. The van der Waals surface area contributed by atoms with Crippen molar-refractivity contribution in [2.24, 2.45) is 0 Å². The summed E-state index contributed by atoms with van der Waals surface area (Å²) in [7, 11) is -3.44. The van der Waals surface area contributed by atoms with Gasteiger partial charge in [0, 0.05) is 35.4 Å². The van der Waals surface area contributed by atoms with Gasteiger partial charge in [-0.15, -0.1) is 0 Å². The molecule has 0 bridgehead atoms. The molecule has 0 fully saturated rings. The first kappa shape index (κ1) is 21.6. The summed E-state index contributed by atoms with van der Waals surface area (Å²) in [5.41, 5.74) is 3.19. The van der Waals surface area contributed by atoms with Crippen LogP contribution in [0.25, 0.3) is 21.8 Å². The van der Waals surface area contributed by atoms with Crippen molar-refractivity contribution in [2.45, 2.75) is 6.10 Å². The first-order valence-electron chi connectivity index (χ1n) is 10.7. The maximum Gasteiger partial charge on any atom is 0.235 e. The van der Waals surface area contributed by atoms with Gasteiger partial charge in [0.1, 0.15) is 18.1 Å². The zero-order valence-corrected chi connectivity index (χ0v) is 18.9. The largest absolute Gasteiger partial charge is 0.492 e. The molecule has 3 N–H and O–H groups in total. The molecule has 9 heteroatoms. The van der Waals surface area contributed by atoms with E-state index in [1.54, 1.807) is 18.2 Å². The molecule has 2 heterocycles. The summed E-state index contributed by atoms with van der Waals surface area (Å²) in [5.74, 6) is 1.26. The molecule has 172 valence electrons. The first-order valence-corrected chi connectivity index (χ1v) is 12.5. The van der Waals surface area contributed by atoms with Gasteiger partial charge in [0.15, 0.2) is 6.73 Å². The number of H-pyrrole nitrogens is 1. The highest BCUT2D eigenvalue weighted by molar-refractivity contribution is 7.92. The fourth-order valence-corrected chi connectivity index (χ4v) is 4.80. The lowest BCUT2D eigenvalue weighted by atomic mass is 10.1. The molecule has 3 aromatic carbocycles. The van der Waals surface area contributed by atoms with E-state index in [4.69, 9.17) is 9.47 Å². The summed E-state index contributed by atoms with van der Waals surface area (Å²) >= 11 is 0. The molecule has 0 saturated carbocycles. The molecule has 33 heavy (non-hydrogen) atoms. The zero-order valence-electron chi connectivity index (χ0n) is 18.1. The number of hydrogen-bond acceptors (Lipinski definition) is 6. The van der Waals surface area contributed by atoms with E-state index >= 15 is 0 Å². The molecular weight excluding hydrogens is 442 g/mol. The van der Waals surface area contributed by atoms with Crippen LogP contribution in [-0.2, 0) is 10.0 Å². The third-order valence-electron chi connectivity index (χ3n) is 5.74. The van der Waals surface area contributed by atoms with E-state index in [1.807, 2.05) is 24.3 Å². The van der Waals surface area contributed by atoms with E-state index in [1.165, 1.54) is 9.69 Å². The smallest absolute Gasteiger partial charge is 0.235 e. The van der Waals surface area contributed by atoms with Crippen LogP contribution in [0.2, 0.25) is 0 Å². The van der Waals surface area contributed by atoms with Gasteiger partial charge in [0.25, 0.3) is 0 Å². The fraction of sp³-hybridized carbons (Fsp3) is 0.250. The highest BCUT2D eigenvalue weighted by Gasteiger charge is 2.28. The number of aromatic amines is 1. The molecule has 1 aliphatic heterocycles. The molecule has 0 saturated heterocycles. The summed E-state index contributed by atoms with van der Waals surface area (Å²) in [6, 6.07) is 19.3. The number of para-hydroxylation sites is 1. The number of aliphatic hydroxyl groups is 1. The van der Waals surface area contributed by atoms with Gasteiger partial charge in [0.2, 0.25) is 10.0 Å². The third kappa shape index (κ3) is 4.35. The maximum atomic E-state index is 11.9. The standard InChI is InChI=1S/C24H25N3O5S/c1-33(29,30)27-15-32-24-9-6-16(12-22(24)27)23(28)14-25-10-11-31-17-7-8-19-18-4-2-3-5-20(18)26-21(19)13-17/h2-9,12-13,23,25-26,28H,10-11,14-15H2,1H3/t23-/m1/s1. The second-order valence-electron chi connectivity index (χ2n) is 8.06. The zero-order chi connectivity index (χ0) is 23.0. The predicted octanol–water partition coefficient (Wildman–Crippen LogP) is 3.14. The van der Waals surface area contributed by atoms with Crippen LogP contribution in [0.5, 0.6) is 11.5 Å². The van der Waals surface area contributed by atoms with Crippen molar-refractivity contribution in [3.8, 4) is 11.5 Å². The Labute approximate surface area is 191 Å². The topological polar surface area (TPSA) is 104 Å². The van der Waals surface area contributed by atoms with E-state index in [-0.39, 0.29) is 6.73 Å². The van der Waals surface area contributed by atoms with Crippen LogP contribution in [0.3, 0.4) is 0 Å². The number of nitrogens with one attached hydrogen (secondary N) is 2. The molecule has 4 aromatic rings. The van der Waals surface area contributed by atoms with Gasteiger partial charge in [-0.25, -0.2) is 12.7 Å². The van der Waals surface area contributed by atoms with E-state index < -0.39 is 16.1 Å². The molecule has 1 aromatic heterocycles. The maximum absolute atomic E-state index is 11.9. The molecule has 5 rings (SSSR count). The molecule has 1 atom stereocenters. The average Bonchev–Trinajstić information content (AvgIpc) is 3.39. The predicted molar refractivity (Wildman–Crippen MR) is 128 cm³/mol. The number of nitrogens with zero attached hydrogens (tertiary/aromatic N) is 1. The van der Waals surface area contributed by atoms with E-state index in [0.29, 0.717) is 36.7 Å². The Kier molecular flexibility index (Phi) is 5.61. The minimum Gasteiger partial charge on any atom is -0.492 e. The van der Waals surface area contributed by atoms with E-state index in [2.05, 4.69) is 28.5 Å². The van der Waals surface area contributed by atoms with Crippen molar-refractivity contribution in [1.29, 1.82) is 0 Å². The minimum absolute atomic E-state index is 0.0480. The van der Waals surface area contributed by atoms with Crippen LogP contribution < -0.4 is 19.1 Å². The third-order valence-corrected chi connectivity index (χ3v) is 6.84. The SMILES string of the molecule is CS(=O)(=O)N1COc2ccc([C@H](O)CNCCOc3ccc4c(c3)[nH]c3ccccc34)cc21. The van der Waals surface area contributed by atoms with Gasteiger partial charge in [-0.2, -0.15) is 0 Å². The summed E-state index contributed by atoms with van der Waals surface area (Å²) in [5, 5.41) is 16.1. The van der Waals surface area contributed by atoms with Gasteiger partial charge in [-0.1, -0.05) is 24.3 Å².